The van der Waals surface area contributed by atoms with Crippen molar-refractivity contribution in [3.05, 3.63) is 47.6 Å². The van der Waals surface area contributed by atoms with Gasteiger partial charge in [0.05, 0.1) is 0 Å². The second kappa shape index (κ2) is 9.22. The monoisotopic (exact) mass is 344 g/mol. The van der Waals surface area contributed by atoms with Crippen molar-refractivity contribution in [1.29, 1.82) is 0 Å². The molecular formula is C23H36O2. The van der Waals surface area contributed by atoms with Crippen molar-refractivity contribution in [2.75, 3.05) is 0 Å². The molecule has 2 heteroatoms. The SMILES string of the molecule is CC(/C=C/C1(C)CCCC(C)C1)=C\C=C\C(C)=C\C(=O)OC(C)(C)C. The summed E-state index contributed by atoms with van der Waals surface area (Å²) >= 11 is 0. The number of esters is 1. The van der Waals surface area contributed by atoms with Gasteiger partial charge in [-0.1, -0.05) is 62.6 Å². The van der Waals surface area contributed by atoms with E-state index in [9.17, 15) is 4.79 Å². The Kier molecular flexibility index (Phi) is 7.92. The maximum atomic E-state index is 11.7. The first-order valence-corrected chi connectivity index (χ1v) is 9.45. The van der Waals surface area contributed by atoms with E-state index >= 15 is 0 Å². The molecule has 1 rings (SSSR count). The van der Waals surface area contributed by atoms with E-state index in [2.05, 4.69) is 39.0 Å². The third-order valence-electron chi connectivity index (χ3n) is 4.48. The van der Waals surface area contributed by atoms with E-state index in [1.807, 2.05) is 39.8 Å². The van der Waals surface area contributed by atoms with Gasteiger partial charge in [-0.15, -0.1) is 0 Å². The molecule has 1 aliphatic rings. The van der Waals surface area contributed by atoms with Crippen LogP contribution >= 0.6 is 0 Å². The number of ether oxygens (including phenoxy) is 1. The van der Waals surface area contributed by atoms with Crippen LogP contribution in [0.5, 0.6) is 0 Å². The number of hydrogen-bond acceptors (Lipinski definition) is 2. The van der Waals surface area contributed by atoms with Gasteiger partial charge in [0.1, 0.15) is 5.60 Å². The summed E-state index contributed by atoms with van der Waals surface area (Å²) in [6.45, 7) is 14.4. The van der Waals surface area contributed by atoms with Gasteiger partial charge in [-0.25, -0.2) is 4.79 Å². The molecule has 0 aromatic carbocycles. The van der Waals surface area contributed by atoms with E-state index in [0.717, 1.165) is 11.5 Å². The minimum Gasteiger partial charge on any atom is -0.457 e. The number of carbonyl (C=O) groups excluding carboxylic acids is 1. The summed E-state index contributed by atoms with van der Waals surface area (Å²) in [4.78, 5) is 11.7. The molecule has 0 aromatic heterocycles. The molecule has 0 radical (unpaired) electrons. The van der Waals surface area contributed by atoms with Crippen LogP contribution in [0.25, 0.3) is 0 Å². The molecule has 0 amide bonds. The van der Waals surface area contributed by atoms with E-state index in [1.54, 1.807) is 0 Å². The molecule has 140 valence electrons. The van der Waals surface area contributed by atoms with Gasteiger partial charge in [-0.05, 0) is 64.4 Å². The van der Waals surface area contributed by atoms with Crippen molar-refractivity contribution >= 4 is 5.97 Å². The van der Waals surface area contributed by atoms with Crippen molar-refractivity contribution in [3.8, 4) is 0 Å². The Hall–Kier alpha value is -1.57. The van der Waals surface area contributed by atoms with Crippen molar-refractivity contribution in [2.24, 2.45) is 11.3 Å². The molecule has 2 nitrogen and oxygen atoms in total. The lowest BCUT2D eigenvalue weighted by Gasteiger charge is -2.34. The standard InChI is InChI=1S/C23H36O2/c1-18(13-15-23(7)14-9-12-20(3)17-23)10-8-11-19(2)16-21(24)25-22(4,5)6/h8,10-11,13,15-16,20H,9,12,14,17H2,1-7H3/b11-8+,15-13+,18-10+,19-16+. The molecule has 2 unspecified atom stereocenters. The number of carbonyl (C=O) groups is 1. The summed E-state index contributed by atoms with van der Waals surface area (Å²) in [6.07, 6.45) is 17.4. The zero-order valence-corrected chi connectivity index (χ0v) is 17.2. The Morgan fingerprint density at radius 1 is 1.16 bits per heavy atom. The molecule has 1 saturated carbocycles. The van der Waals surface area contributed by atoms with Gasteiger partial charge >= 0.3 is 5.97 Å². The summed E-state index contributed by atoms with van der Waals surface area (Å²) in [7, 11) is 0. The van der Waals surface area contributed by atoms with Gasteiger partial charge in [0.15, 0.2) is 0 Å². The third-order valence-corrected chi connectivity index (χ3v) is 4.48. The normalized spacial score (nSPS) is 26.4. The Labute approximate surface area is 154 Å². The molecule has 0 saturated heterocycles. The van der Waals surface area contributed by atoms with Crippen molar-refractivity contribution < 1.29 is 9.53 Å². The Bertz CT molecular complexity index is 569. The fraction of sp³-hybridized carbons (Fsp3) is 0.609. The summed E-state index contributed by atoms with van der Waals surface area (Å²) in [5.41, 5.74) is 1.99. The average molecular weight is 345 g/mol. The molecule has 0 aromatic rings. The molecule has 0 aliphatic heterocycles. The first-order valence-electron chi connectivity index (χ1n) is 9.45. The maximum Gasteiger partial charge on any atom is 0.331 e. The lowest BCUT2D eigenvalue weighted by molar-refractivity contribution is -0.148. The quantitative estimate of drug-likeness (QED) is 0.321. The van der Waals surface area contributed by atoms with Gasteiger partial charge < -0.3 is 4.74 Å². The lowest BCUT2D eigenvalue weighted by atomic mass is 9.71. The van der Waals surface area contributed by atoms with E-state index in [4.69, 9.17) is 4.74 Å². The Balaban J connectivity index is 2.60. The first-order chi connectivity index (χ1) is 11.5. The Morgan fingerprint density at radius 3 is 2.44 bits per heavy atom. The average Bonchev–Trinajstić information content (AvgIpc) is 2.42. The molecule has 1 aliphatic carbocycles. The fourth-order valence-electron chi connectivity index (χ4n) is 3.31. The highest BCUT2D eigenvalue weighted by Gasteiger charge is 2.27. The summed E-state index contributed by atoms with van der Waals surface area (Å²) < 4.78 is 5.29. The van der Waals surface area contributed by atoms with Gasteiger partial charge in [0, 0.05) is 6.08 Å². The van der Waals surface area contributed by atoms with Crippen LogP contribution < -0.4 is 0 Å². The molecule has 2 atom stereocenters. The van der Waals surface area contributed by atoms with Crippen LogP contribution in [0, 0.1) is 11.3 Å². The highest BCUT2D eigenvalue weighted by atomic mass is 16.6. The highest BCUT2D eigenvalue weighted by molar-refractivity contribution is 5.83. The van der Waals surface area contributed by atoms with E-state index in [1.165, 1.54) is 37.3 Å². The predicted octanol–water partition coefficient (Wildman–Crippen LogP) is 6.55. The second-order valence-electron chi connectivity index (χ2n) is 8.88. The second-order valence-corrected chi connectivity index (χ2v) is 8.88. The summed E-state index contributed by atoms with van der Waals surface area (Å²) in [5, 5.41) is 0. The summed E-state index contributed by atoms with van der Waals surface area (Å²) in [6, 6.07) is 0. The molecule has 0 spiro atoms. The summed E-state index contributed by atoms with van der Waals surface area (Å²) in [5.74, 6) is 0.530. The molecule has 25 heavy (non-hydrogen) atoms. The lowest BCUT2D eigenvalue weighted by Crippen LogP contribution is -2.22. The van der Waals surface area contributed by atoms with E-state index < -0.39 is 5.60 Å². The van der Waals surface area contributed by atoms with Crippen LogP contribution in [-0.4, -0.2) is 11.6 Å². The zero-order valence-electron chi connectivity index (χ0n) is 17.2. The smallest absolute Gasteiger partial charge is 0.331 e. The van der Waals surface area contributed by atoms with Crippen molar-refractivity contribution in [3.63, 3.8) is 0 Å². The van der Waals surface area contributed by atoms with Gasteiger partial charge in [0.25, 0.3) is 0 Å². The number of rotatable bonds is 5. The van der Waals surface area contributed by atoms with Gasteiger partial charge in [-0.3, -0.25) is 0 Å². The van der Waals surface area contributed by atoms with Crippen LogP contribution in [0.15, 0.2) is 47.6 Å². The number of allylic oxidation sites excluding steroid dienone is 7. The molecule has 0 heterocycles. The van der Waals surface area contributed by atoms with Crippen molar-refractivity contribution in [1.82, 2.24) is 0 Å². The van der Waals surface area contributed by atoms with Crippen LogP contribution in [-0.2, 0) is 9.53 Å². The Morgan fingerprint density at radius 2 is 1.84 bits per heavy atom. The van der Waals surface area contributed by atoms with E-state index in [0.29, 0.717) is 5.41 Å². The van der Waals surface area contributed by atoms with Crippen LogP contribution in [0.4, 0.5) is 0 Å². The number of hydrogen-bond donors (Lipinski definition) is 0. The van der Waals surface area contributed by atoms with Gasteiger partial charge in [0.2, 0.25) is 0 Å². The largest absolute Gasteiger partial charge is 0.457 e. The maximum absolute atomic E-state index is 11.7. The van der Waals surface area contributed by atoms with Crippen LogP contribution in [0.1, 0.15) is 74.1 Å². The van der Waals surface area contributed by atoms with Gasteiger partial charge in [-0.2, -0.15) is 0 Å². The molecule has 1 fully saturated rings. The molecule has 0 bridgehead atoms. The first kappa shape index (κ1) is 21.5. The fourth-order valence-corrected chi connectivity index (χ4v) is 3.31. The minimum absolute atomic E-state index is 0.297. The van der Waals surface area contributed by atoms with Crippen LogP contribution in [0.2, 0.25) is 0 Å². The van der Waals surface area contributed by atoms with Crippen molar-refractivity contribution in [2.45, 2.75) is 79.8 Å². The topological polar surface area (TPSA) is 26.3 Å². The van der Waals surface area contributed by atoms with Crippen LogP contribution in [0.3, 0.4) is 0 Å². The zero-order chi connectivity index (χ0) is 19.1. The minimum atomic E-state index is -0.453. The molecular weight excluding hydrogens is 308 g/mol. The highest BCUT2D eigenvalue weighted by Crippen LogP contribution is 2.40. The molecule has 0 N–H and O–H groups in total. The third kappa shape index (κ3) is 9.48. The van der Waals surface area contributed by atoms with E-state index in [-0.39, 0.29) is 5.97 Å². The predicted molar refractivity (Wildman–Crippen MR) is 107 cm³/mol.